The fourth-order valence-corrected chi connectivity index (χ4v) is 2.57. The van der Waals surface area contributed by atoms with E-state index in [4.69, 9.17) is 10.5 Å². The summed E-state index contributed by atoms with van der Waals surface area (Å²) in [7, 11) is 1.59. The zero-order valence-corrected chi connectivity index (χ0v) is 13.1. The molecule has 1 unspecified atom stereocenters. The second kappa shape index (κ2) is 5.85. The Hall–Kier alpha value is -1.88. The number of benzene rings is 1. The summed E-state index contributed by atoms with van der Waals surface area (Å²) in [6, 6.07) is 7.40. The van der Waals surface area contributed by atoms with Crippen LogP contribution in [0.5, 0.6) is 5.75 Å². The first-order valence-corrected chi connectivity index (χ1v) is 7.16. The molecule has 0 fully saturated rings. The van der Waals surface area contributed by atoms with Crippen molar-refractivity contribution in [2.24, 2.45) is 22.2 Å². The molecule has 0 radical (unpaired) electrons. The summed E-state index contributed by atoms with van der Waals surface area (Å²) in [5.41, 5.74) is 7.04. The summed E-state index contributed by atoms with van der Waals surface area (Å²) >= 11 is 0. The van der Waals surface area contributed by atoms with Crippen LogP contribution in [0, 0.1) is 11.3 Å². The van der Waals surface area contributed by atoms with Gasteiger partial charge in [-0.25, -0.2) is 0 Å². The molecule has 0 spiro atoms. The van der Waals surface area contributed by atoms with Crippen LogP contribution in [0.25, 0.3) is 0 Å². The lowest BCUT2D eigenvalue weighted by Crippen LogP contribution is -2.33. The van der Waals surface area contributed by atoms with Crippen LogP contribution in [0.15, 0.2) is 29.4 Å². The van der Waals surface area contributed by atoms with Crippen LogP contribution in [0.2, 0.25) is 0 Å². The normalized spacial score (nSPS) is 18.9. The van der Waals surface area contributed by atoms with Gasteiger partial charge in [-0.05, 0) is 25.1 Å². The van der Waals surface area contributed by atoms with Gasteiger partial charge in [-0.15, -0.1) is 0 Å². The highest BCUT2D eigenvalue weighted by atomic mass is 16.5. The summed E-state index contributed by atoms with van der Waals surface area (Å²) in [6.45, 7) is 6.66. The van der Waals surface area contributed by atoms with Crippen molar-refractivity contribution in [2.45, 2.75) is 27.2 Å². The maximum Gasteiger partial charge on any atom is 0.256 e. The van der Waals surface area contributed by atoms with Gasteiger partial charge < -0.3 is 10.5 Å². The highest BCUT2D eigenvalue weighted by Gasteiger charge is 2.41. The third-order valence-electron chi connectivity index (χ3n) is 3.58. The molecule has 0 bridgehead atoms. The third-order valence-corrected chi connectivity index (χ3v) is 3.58. The maximum absolute atomic E-state index is 12.7. The van der Waals surface area contributed by atoms with Crippen LogP contribution in [0.1, 0.15) is 27.2 Å². The predicted octanol–water partition coefficient (Wildman–Crippen LogP) is 2.41. The van der Waals surface area contributed by atoms with Crippen molar-refractivity contribution in [1.82, 2.24) is 0 Å². The average Bonchev–Trinajstić information content (AvgIpc) is 2.77. The summed E-state index contributed by atoms with van der Waals surface area (Å²) in [5.74, 6) is 0.353. The summed E-state index contributed by atoms with van der Waals surface area (Å²) in [5, 5.41) is 6.04. The standard InChI is InChI=1S/C16H23N3O2/c1-16(2,3)14-11(9-10-17)15(20)19(18-14)12-7-5-6-8-13(12)21-4/h5-8,11H,9-10,17H2,1-4H3. The van der Waals surface area contributed by atoms with Gasteiger partial charge in [-0.2, -0.15) is 10.1 Å². The molecule has 0 saturated heterocycles. The second-order valence-electron chi connectivity index (χ2n) is 6.19. The number of carbonyl (C=O) groups is 1. The SMILES string of the molecule is COc1ccccc1N1N=C(C(C)(C)C)C(CCN)C1=O. The fourth-order valence-electron chi connectivity index (χ4n) is 2.57. The number of anilines is 1. The molecule has 1 heterocycles. The molecule has 1 amide bonds. The first-order valence-electron chi connectivity index (χ1n) is 7.16. The van der Waals surface area contributed by atoms with Crippen molar-refractivity contribution in [3.8, 4) is 5.75 Å². The fraction of sp³-hybridized carbons (Fsp3) is 0.500. The third kappa shape index (κ3) is 2.93. The maximum atomic E-state index is 12.7. The predicted molar refractivity (Wildman–Crippen MR) is 84.5 cm³/mol. The molecule has 0 aromatic heterocycles. The zero-order valence-electron chi connectivity index (χ0n) is 13.1. The van der Waals surface area contributed by atoms with E-state index in [1.54, 1.807) is 7.11 Å². The molecule has 1 aliphatic heterocycles. The van der Waals surface area contributed by atoms with E-state index < -0.39 is 0 Å². The van der Waals surface area contributed by atoms with Crippen LogP contribution in [-0.2, 0) is 4.79 Å². The average molecular weight is 289 g/mol. The molecule has 1 atom stereocenters. The molecule has 0 aliphatic carbocycles. The number of hydrogen-bond acceptors (Lipinski definition) is 4. The molecular weight excluding hydrogens is 266 g/mol. The highest BCUT2D eigenvalue weighted by Crippen LogP contribution is 2.36. The van der Waals surface area contributed by atoms with Gasteiger partial charge in [0.1, 0.15) is 11.4 Å². The van der Waals surface area contributed by atoms with E-state index in [1.807, 2.05) is 24.3 Å². The van der Waals surface area contributed by atoms with Gasteiger partial charge in [-0.1, -0.05) is 32.9 Å². The van der Waals surface area contributed by atoms with Gasteiger partial charge >= 0.3 is 0 Å². The summed E-state index contributed by atoms with van der Waals surface area (Å²) in [4.78, 5) is 12.7. The Labute approximate surface area is 125 Å². The Morgan fingerprint density at radius 3 is 2.57 bits per heavy atom. The number of amides is 1. The van der Waals surface area contributed by atoms with E-state index >= 15 is 0 Å². The Morgan fingerprint density at radius 1 is 1.33 bits per heavy atom. The van der Waals surface area contributed by atoms with E-state index in [0.29, 0.717) is 24.4 Å². The number of nitrogens with zero attached hydrogens (tertiary/aromatic N) is 2. The van der Waals surface area contributed by atoms with E-state index in [-0.39, 0.29) is 17.2 Å². The van der Waals surface area contributed by atoms with Crippen molar-refractivity contribution >= 4 is 17.3 Å². The van der Waals surface area contributed by atoms with Gasteiger partial charge in [0.05, 0.1) is 18.7 Å². The number of para-hydroxylation sites is 2. The highest BCUT2D eigenvalue weighted by molar-refractivity contribution is 6.17. The van der Waals surface area contributed by atoms with Gasteiger partial charge in [0.25, 0.3) is 5.91 Å². The lowest BCUT2D eigenvalue weighted by molar-refractivity contribution is -0.120. The van der Waals surface area contributed by atoms with E-state index in [9.17, 15) is 4.79 Å². The number of hydrogen-bond donors (Lipinski definition) is 1. The molecule has 2 N–H and O–H groups in total. The number of hydrazone groups is 1. The molecule has 5 heteroatoms. The number of nitrogens with two attached hydrogens (primary N) is 1. The minimum Gasteiger partial charge on any atom is -0.494 e. The molecule has 1 aromatic carbocycles. The van der Waals surface area contributed by atoms with Gasteiger partial charge in [0.15, 0.2) is 0 Å². The quantitative estimate of drug-likeness (QED) is 0.925. The molecule has 114 valence electrons. The molecule has 0 saturated carbocycles. The molecule has 21 heavy (non-hydrogen) atoms. The van der Waals surface area contributed by atoms with Gasteiger partial charge in [-0.3, -0.25) is 4.79 Å². The summed E-state index contributed by atoms with van der Waals surface area (Å²) < 4.78 is 5.33. The Bertz CT molecular complexity index is 561. The van der Waals surface area contributed by atoms with E-state index in [1.165, 1.54) is 5.01 Å². The van der Waals surface area contributed by atoms with Crippen molar-refractivity contribution in [1.29, 1.82) is 0 Å². The Balaban J connectivity index is 2.45. The zero-order chi connectivity index (χ0) is 15.6. The molecule has 1 aromatic rings. The van der Waals surface area contributed by atoms with Crippen molar-refractivity contribution in [3.63, 3.8) is 0 Å². The van der Waals surface area contributed by atoms with Crippen LogP contribution in [0.4, 0.5) is 5.69 Å². The molecular formula is C16H23N3O2. The smallest absolute Gasteiger partial charge is 0.256 e. The van der Waals surface area contributed by atoms with E-state index in [0.717, 1.165) is 5.71 Å². The van der Waals surface area contributed by atoms with Crippen LogP contribution in [-0.4, -0.2) is 25.3 Å². The monoisotopic (exact) mass is 289 g/mol. The van der Waals surface area contributed by atoms with Crippen molar-refractivity contribution in [3.05, 3.63) is 24.3 Å². The molecule has 5 nitrogen and oxygen atoms in total. The minimum atomic E-state index is -0.250. The van der Waals surface area contributed by atoms with Crippen molar-refractivity contribution in [2.75, 3.05) is 18.7 Å². The number of methoxy groups -OCH3 is 1. The topological polar surface area (TPSA) is 67.9 Å². The van der Waals surface area contributed by atoms with Crippen molar-refractivity contribution < 1.29 is 9.53 Å². The van der Waals surface area contributed by atoms with E-state index in [2.05, 4.69) is 25.9 Å². The first kappa shape index (κ1) is 15.5. The molecule has 2 rings (SSSR count). The van der Waals surface area contributed by atoms with Crippen LogP contribution in [0.3, 0.4) is 0 Å². The number of carbonyl (C=O) groups excluding carboxylic acids is 1. The van der Waals surface area contributed by atoms with Gasteiger partial charge in [0, 0.05) is 5.41 Å². The Kier molecular flexibility index (Phi) is 4.32. The largest absolute Gasteiger partial charge is 0.494 e. The second-order valence-corrected chi connectivity index (χ2v) is 6.19. The van der Waals surface area contributed by atoms with Crippen LogP contribution < -0.4 is 15.5 Å². The lowest BCUT2D eigenvalue weighted by Gasteiger charge is -2.21. The van der Waals surface area contributed by atoms with Gasteiger partial charge in [0.2, 0.25) is 0 Å². The lowest BCUT2D eigenvalue weighted by atomic mass is 9.81. The molecule has 1 aliphatic rings. The Morgan fingerprint density at radius 2 is 2.00 bits per heavy atom. The summed E-state index contributed by atoms with van der Waals surface area (Å²) in [6.07, 6.45) is 0.612. The first-order chi connectivity index (χ1) is 9.90. The number of rotatable bonds is 4. The van der Waals surface area contributed by atoms with Crippen LogP contribution >= 0.6 is 0 Å². The minimum absolute atomic E-state index is 0.0325. The number of ether oxygens (including phenoxy) is 1.